The zero-order valence-electron chi connectivity index (χ0n) is 18.2. The van der Waals surface area contributed by atoms with Gasteiger partial charge in [0.1, 0.15) is 11.8 Å². The first kappa shape index (κ1) is 23.2. The minimum atomic E-state index is -1.23. The summed E-state index contributed by atoms with van der Waals surface area (Å²) in [6.45, 7) is -0.573. The summed E-state index contributed by atoms with van der Waals surface area (Å²) in [6, 6.07) is 18.6. The predicted molar refractivity (Wildman–Crippen MR) is 124 cm³/mol. The third-order valence-electron chi connectivity index (χ3n) is 5.50. The first-order chi connectivity index (χ1) is 16.4. The average molecular weight is 478 g/mol. The summed E-state index contributed by atoms with van der Waals surface area (Å²) in [6.07, 6.45) is 0.0493. The molecule has 7 nitrogen and oxygen atoms in total. The number of methoxy groups -OCH3 is 1. The second-order valence-corrected chi connectivity index (χ2v) is 8.02. The Balaban J connectivity index is 1.55. The molecular weight excluding hydrogens is 458 g/mol. The summed E-state index contributed by atoms with van der Waals surface area (Å²) in [5, 5.41) is 0.243. The molecule has 0 fully saturated rings. The Morgan fingerprint density at radius 2 is 1.53 bits per heavy atom. The third-order valence-corrected chi connectivity index (χ3v) is 5.80. The van der Waals surface area contributed by atoms with Crippen molar-refractivity contribution in [1.29, 1.82) is 0 Å². The van der Waals surface area contributed by atoms with Crippen LogP contribution in [0.25, 0.3) is 0 Å². The van der Waals surface area contributed by atoms with Gasteiger partial charge in [0.25, 0.3) is 11.8 Å². The highest BCUT2D eigenvalue weighted by Crippen LogP contribution is 2.27. The van der Waals surface area contributed by atoms with E-state index in [1.165, 1.54) is 37.4 Å². The van der Waals surface area contributed by atoms with Gasteiger partial charge in [0.05, 0.1) is 23.3 Å². The van der Waals surface area contributed by atoms with Gasteiger partial charge in [0.15, 0.2) is 12.4 Å². The second kappa shape index (κ2) is 9.89. The topological polar surface area (TPSA) is 90.0 Å². The van der Waals surface area contributed by atoms with Gasteiger partial charge < -0.3 is 9.47 Å². The van der Waals surface area contributed by atoms with Crippen LogP contribution in [0.1, 0.15) is 36.6 Å². The number of ether oxygens (including phenoxy) is 2. The smallest absolute Gasteiger partial charge is 0.330 e. The molecule has 1 heterocycles. The second-order valence-electron chi connectivity index (χ2n) is 7.61. The van der Waals surface area contributed by atoms with Crippen molar-refractivity contribution in [2.24, 2.45) is 0 Å². The van der Waals surface area contributed by atoms with Crippen LogP contribution in [0.4, 0.5) is 0 Å². The molecule has 0 saturated heterocycles. The number of Topliss-reactive ketones (excluding diaryl/α,β-unsaturated/α-hetero) is 1. The molecule has 8 heteroatoms. The summed E-state index contributed by atoms with van der Waals surface area (Å²) >= 11 is 6.07. The van der Waals surface area contributed by atoms with E-state index in [9.17, 15) is 19.2 Å². The van der Waals surface area contributed by atoms with Gasteiger partial charge in [-0.05, 0) is 35.9 Å². The molecule has 0 N–H and O–H groups in total. The van der Waals surface area contributed by atoms with Crippen molar-refractivity contribution in [1.82, 2.24) is 4.90 Å². The SMILES string of the molecule is COc1ccc(C(=O)COC(=O)[C@H](Cc2ccccc2)N2C(=O)c3ccccc3C2=O)cc1Cl. The number of carbonyl (C=O) groups is 4. The van der Waals surface area contributed by atoms with E-state index in [-0.39, 0.29) is 28.1 Å². The lowest BCUT2D eigenvalue weighted by atomic mass is 10.0. The van der Waals surface area contributed by atoms with Crippen LogP contribution in [0.3, 0.4) is 0 Å². The monoisotopic (exact) mass is 477 g/mol. The van der Waals surface area contributed by atoms with Crippen LogP contribution in [0.15, 0.2) is 72.8 Å². The highest BCUT2D eigenvalue weighted by molar-refractivity contribution is 6.32. The lowest BCUT2D eigenvalue weighted by molar-refractivity contribution is -0.147. The maximum atomic E-state index is 13.1. The van der Waals surface area contributed by atoms with Gasteiger partial charge in [0, 0.05) is 12.0 Å². The van der Waals surface area contributed by atoms with Crippen molar-refractivity contribution in [3.63, 3.8) is 0 Å². The first-order valence-corrected chi connectivity index (χ1v) is 10.8. The lowest BCUT2D eigenvalue weighted by Crippen LogP contribution is -2.47. The van der Waals surface area contributed by atoms with Crippen molar-refractivity contribution in [3.8, 4) is 5.75 Å². The quantitative estimate of drug-likeness (QED) is 0.277. The Labute approximate surface area is 200 Å². The molecule has 0 radical (unpaired) electrons. The molecule has 172 valence electrons. The van der Waals surface area contributed by atoms with Crippen molar-refractivity contribution in [2.75, 3.05) is 13.7 Å². The zero-order valence-corrected chi connectivity index (χ0v) is 19.0. The van der Waals surface area contributed by atoms with E-state index in [4.69, 9.17) is 21.1 Å². The Bertz CT molecular complexity index is 1240. The van der Waals surface area contributed by atoms with E-state index < -0.39 is 36.2 Å². The predicted octanol–water partition coefficient (Wildman–Crippen LogP) is 3.98. The van der Waals surface area contributed by atoms with Gasteiger partial charge in [-0.15, -0.1) is 0 Å². The number of esters is 1. The Kier molecular flexibility index (Phi) is 6.75. The highest BCUT2D eigenvalue weighted by atomic mass is 35.5. The molecule has 0 bridgehead atoms. The molecule has 0 unspecified atom stereocenters. The molecule has 0 aromatic heterocycles. The van der Waals surface area contributed by atoms with Crippen molar-refractivity contribution in [3.05, 3.63) is 100 Å². The number of hydrogen-bond donors (Lipinski definition) is 0. The van der Waals surface area contributed by atoms with Gasteiger partial charge in [-0.1, -0.05) is 54.1 Å². The number of benzene rings is 3. The Morgan fingerprint density at radius 1 is 0.912 bits per heavy atom. The van der Waals surface area contributed by atoms with Crippen LogP contribution < -0.4 is 4.74 Å². The standard InChI is InChI=1S/C26H20ClNO6/c1-33-23-12-11-17(14-20(23)27)22(29)15-34-26(32)21(13-16-7-3-2-4-8-16)28-24(30)18-9-5-6-10-19(18)25(28)31/h2-12,14,21H,13,15H2,1H3/t21-/m0/s1. The minimum Gasteiger partial charge on any atom is -0.495 e. The fourth-order valence-corrected chi connectivity index (χ4v) is 4.02. The molecule has 0 saturated carbocycles. The summed E-state index contributed by atoms with van der Waals surface area (Å²) in [5.74, 6) is -2.09. The van der Waals surface area contributed by atoms with Gasteiger partial charge in [-0.3, -0.25) is 19.3 Å². The fourth-order valence-electron chi connectivity index (χ4n) is 3.76. The number of imide groups is 1. The van der Waals surface area contributed by atoms with E-state index in [0.29, 0.717) is 5.75 Å². The van der Waals surface area contributed by atoms with Crippen LogP contribution >= 0.6 is 11.6 Å². The molecule has 0 aliphatic carbocycles. The third kappa shape index (κ3) is 4.56. The average Bonchev–Trinajstić information content (AvgIpc) is 3.11. The number of nitrogens with zero attached hydrogens (tertiary/aromatic N) is 1. The van der Waals surface area contributed by atoms with Crippen molar-refractivity contribution < 1.29 is 28.7 Å². The van der Waals surface area contributed by atoms with E-state index in [1.54, 1.807) is 36.4 Å². The lowest BCUT2D eigenvalue weighted by Gasteiger charge is -2.24. The summed E-state index contributed by atoms with van der Waals surface area (Å²) in [5.41, 5.74) is 1.41. The largest absolute Gasteiger partial charge is 0.495 e. The van der Waals surface area contributed by atoms with Crippen LogP contribution in [-0.4, -0.2) is 48.2 Å². The molecule has 1 aliphatic rings. The molecule has 3 aromatic rings. The Hall–Kier alpha value is -3.97. The summed E-state index contributed by atoms with van der Waals surface area (Å²) in [7, 11) is 1.45. The zero-order chi connectivity index (χ0) is 24.2. The summed E-state index contributed by atoms with van der Waals surface area (Å²) in [4.78, 5) is 52.6. The normalized spacial score (nSPS) is 13.4. The molecule has 2 amide bonds. The number of carbonyl (C=O) groups excluding carboxylic acids is 4. The number of hydrogen-bond acceptors (Lipinski definition) is 6. The maximum absolute atomic E-state index is 13.1. The molecule has 3 aromatic carbocycles. The number of fused-ring (bicyclic) bond motifs is 1. The van der Waals surface area contributed by atoms with Crippen molar-refractivity contribution in [2.45, 2.75) is 12.5 Å². The number of halogens is 1. The maximum Gasteiger partial charge on any atom is 0.330 e. The number of rotatable bonds is 8. The van der Waals surface area contributed by atoms with E-state index in [2.05, 4.69) is 0 Å². The van der Waals surface area contributed by atoms with Crippen molar-refractivity contribution >= 4 is 35.2 Å². The van der Waals surface area contributed by atoms with E-state index in [0.717, 1.165) is 10.5 Å². The van der Waals surface area contributed by atoms with Gasteiger partial charge in [0.2, 0.25) is 0 Å². The molecule has 1 aliphatic heterocycles. The van der Waals surface area contributed by atoms with Gasteiger partial charge >= 0.3 is 5.97 Å². The van der Waals surface area contributed by atoms with Crippen LogP contribution in [0.5, 0.6) is 5.75 Å². The van der Waals surface area contributed by atoms with E-state index >= 15 is 0 Å². The molecule has 34 heavy (non-hydrogen) atoms. The number of amides is 2. The molecular formula is C26H20ClNO6. The molecule has 1 atom stereocenters. The van der Waals surface area contributed by atoms with E-state index in [1.807, 2.05) is 6.07 Å². The molecule has 0 spiro atoms. The van der Waals surface area contributed by atoms with Gasteiger partial charge in [-0.2, -0.15) is 0 Å². The summed E-state index contributed by atoms with van der Waals surface area (Å²) < 4.78 is 10.4. The Morgan fingerprint density at radius 3 is 2.12 bits per heavy atom. The van der Waals surface area contributed by atoms with Crippen LogP contribution in [0.2, 0.25) is 5.02 Å². The van der Waals surface area contributed by atoms with Crippen LogP contribution in [0, 0.1) is 0 Å². The minimum absolute atomic E-state index is 0.0493. The highest BCUT2D eigenvalue weighted by Gasteiger charge is 2.43. The van der Waals surface area contributed by atoms with Crippen LogP contribution in [-0.2, 0) is 16.0 Å². The first-order valence-electron chi connectivity index (χ1n) is 10.4. The van der Waals surface area contributed by atoms with Gasteiger partial charge in [-0.25, -0.2) is 4.79 Å². The number of ketones is 1. The molecule has 4 rings (SSSR count). The fraction of sp³-hybridized carbons (Fsp3) is 0.154.